The van der Waals surface area contributed by atoms with Crippen LogP contribution in [0, 0.1) is 12.7 Å². The number of hydrogen-bond acceptors (Lipinski definition) is 3. The molecule has 0 aliphatic carbocycles. The molecule has 1 aromatic heterocycles. The van der Waals surface area contributed by atoms with Gasteiger partial charge in [0.25, 0.3) is 0 Å². The average Bonchev–Trinajstić information content (AvgIpc) is 2.19. The fourth-order valence-electron chi connectivity index (χ4n) is 1.45. The Morgan fingerprint density at radius 2 is 1.94 bits per heavy atom. The van der Waals surface area contributed by atoms with Crippen molar-refractivity contribution < 1.29 is 14.6 Å². The van der Waals surface area contributed by atoms with Crippen LogP contribution in [0.15, 0.2) is 30.5 Å². The van der Waals surface area contributed by atoms with E-state index >= 15 is 0 Å². The lowest BCUT2D eigenvalue weighted by molar-refractivity contribution is 0.451. The molecule has 0 aliphatic rings. The first kappa shape index (κ1) is 10.4. The minimum atomic E-state index is -0.499. The Hall–Kier alpha value is -2.10. The molecule has 0 radical (unpaired) electrons. The summed E-state index contributed by atoms with van der Waals surface area (Å²) in [7, 11) is 0. The summed E-state index contributed by atoms with van der Waals surface area (Å²) in [5.74, 6) is -0.773. The van der Waals surface area contributed by atoms with Gasteiger partial charge in [0.2, 0.25) is 0 Å². The van der Waals surface area contributed by atoms with Gasteiger partial charge in [0.15, 0.2) is 0 Å². The van der Waals surface area contributed by atoms with Crippen LogP contribution in [0.5, 0.6) is 11.5 Å². The van der Waals surface area contributed by atoms with Crippen LogP contribution >= 0.6 is 0 Å². The van der Waals surface area contributed by atoms with Crippen LogP contribution in [0.1, 0.15) is 5.56 Å². The molecule has 1 heterocycles. The lowest BCUT2D eigenvalue weighted by Crippen LogP contribution is -1.90. The predicted molar refractivity (Wildman–Crippen MR) is 57.7 cm³/mol. The maximum atomic E-state index is 13.6. The number of hydrogen-bond donors (Lipinski definition) is 2. The Labute approximate surface area is 91.8 Å². The number of aromatic hydroxyl groups is 2. The van der Waals surface area contributed by atoms with Gasteiger partial charge in [0.1, 0.15) is 23.0 Å². The third-order valence-corrected chi connectivity index (χ3v) is 2.21. The van der Waals surface area contributed by atoms with E-state index in [9.17, 15) is 9.50 Å². The van der Waals surface area contributed by atoms with Crippen LogP contribution in [-0.4, -0.2) is 15.2 Å². The molecule has 0 amide bonds. The maximum Gasteiger partial charge on any atom is 0.149 e. The molecule has 82 valence electrons. The summed E-state index contributed by atoms with van der Waals surface area (Å²) in [6.45, 7) is 1.73. The van der Waals surface area contributed by atoms with E-state index < -0.39 is 5.82 Å². The van der Waals surface area contributed by atoms with Crippen molar-refractivity contribution in [3.63, 3.8) is 0 Å². The van der Waals surface area contributed by atoms with Crippen LogP contribution in [0.4, 0.5) is 4.39 Å². The Bertz CT molecular complexity index is 491. The van der Waals surface area contributed by atoms with E-state index in [2.05, 4.69) is 4.98 Å². The quantitative estimate of drug-likeness (QED) is 0.775. The minimum absolute atomic E-state index is 0.0723. The van der Waals surface area contributed by atoms with Gasteiger partial charge in [0, 0.05) is 17.8 Å². The number of aromatic nitrogens is 1. The molecular formula is C12H10FNO2. The molecule has 0 aliphatic heterocycles. The van der Waals surface area contributed by atoms with E-state index in [1.165, 1.54) is 24.4 Å². The molecule has 0 unspecified atom stereocenters. The smallest absolute Gasteiger partial charge is 0.149 e. The highest BCUT2D eigenvalue weighted by molar-refractivity contribution is 5.68. The number of halogens is 1. The molecule has 2 N–H and O–H groups in total. The van der Waals surface area contributed by atoms with Gasteiger partial charge in [-0.2, -0.15) is 0 Å². The van der Waals surface area contributed by atoms with Crippen LogP contribution in [-0.2, 0) is 0 Å². The molecule has 2 rings (SSSR count). The number of phenolic OH excluding ortho intramolecular Hbond substituents is 2. The number of nitrogens with zero attached hydrogens (tertiary/aromatic N) is 1. The van der Waals surface area contributed by atoms with Gasteiger partial charge in [-0.15, -0.1) is 0 Å². The van der Waals surface area contributed by atoms with Crippen molar-refractivity contribution in [1.29, 1.82) is 0 Å². The molecule has 0 saturated heterocycles. The monoisotopic (exact) mass is 219 g/mol. The molecule has 0 bridgehead atoms. The van der Waals surface area contributed by atoms with Gasteiger partial charge in [-0.05, 0) is 30.7 Å². The van der Waals surface area contributed by atoms with Gasteiger partial charge in [-0.3, -0.25) is 4.98 Å². The first-order chi connectivity index (χ1) is 7.58. The van der Waals surface area contributed by atoms with Crippen molar-refractivity contribution in [1.82, 2.24) is 4.98 Å². The van der Waals surface area contributed by atoms with E-state index in [0.29, 0.717) is 5.56 Å². The molecule has 16 heavy (non-hydrogen) atoms. The maximum absolute atomic E-state index is 13.6. The summed E-state index contributed by atoms with van der Waals surface area (Å²) >= 11 is 0. The van der Waals surface area contributed by atoms with Gasteiger partial charge in [0.05, 0.1) is 0 Å². The van der Waals surface area contributed by atoms with Crippen molar-refractivity contribution in [3.05, 3.63) is 41.8 Å². The first-order valence-electron chi connectivity index (χ1n) is 4.72. The number of rotatable bonds is 1. The molecule has 0 saturated carbocycles. The molecular weight excluding hydrogens is 209 g/mol. The Morgan fingerprint density at radius 3 is 2.56 bits per heavy atom. The molecule has 0 atom stereocenters. The standard InChI is InChI=1S/C12H10FNO2/c1-7-4-10(13)12(14-6-7)9-3-2-8(15)5-11(9)16/h2-6,15-16H,1H3. The Balaban J connectivity index is 2.59. The number of phenols is 2. The van der Waals surface area contributed by atoms with E-state index in [0.717, 1.165) is 6.07 Å². The fourth-order valence-corrected chi connectivity index (χ4v) is 1.45. The normalized spacial score (nSPS) is 10.4. The zero-order valence-corrected chi connectivity index (χ0v) is 8.61. The second-order valence-corrected chi connectivity index (χ2v) is 3.54. The summed E-state index contributed by atoms with van der Waals surface area (Å²) < 4.78 is 13.6. The highest BCUT2D eigenvalue weighted by Gasteiger charge is 2.11. The van der Waals surface area contributed by atoms with E-state index in [-0.39, 0.29) is 22.8 Å². The van der Waals surface area contributed by atoms with E-state index in [4.69, 9.17) is 5.11 Å². The van der Waals surface area contributed by atoms with E-state index in [1.54, 1.807) is 6.92 Å². The van der Waals surface area contributed by atoms with Crippen LogP contribution in [0.3, 0.4) is 0 Å². The summed E-state index contributed by atoms with van der Waals surface area (Å²) in [6.07, 6.45) is 1.52. The lowest BCUT2D eigenvalue weighted by Gasteiger charge is -2.06. The number of aryl methyl sites for hydroxylation is 1. The second kappa shape index (κ2) is 3.81. The molecule has 0 spiro atoms. The summed E-state index contributed by atoms with van der Waals surface area (Å²) in [6, 6.07) is 5.28. The van der Waals surface area contributed by atoms with Gasteiger partial charge < -0.3 is 10.2 Å². The first-order valence-corrected chi connectivity index (χ1v) is 4.72. The molecule has 3 nitrogen and oxygen atoms in total. The van der Waals surface area contributed by atoms with Crippen molar-refractivity contribution in [3.8, 4) is 22.8 Å². The third-order valence-electron chi connectivity index (χ3n) is 2.21. The molecule has 4 heteroatoms. The molecule has 1 aromatic carbocycles. The molecule has 0 fully saturated rings. The van der Waals surface area contributed by atoms with Gasteiger partial charge >= 0.3 is 0 Å². The van der Waals surface area contributed by atoms with Gasteiger partial charge in [-0.25, -0.2) is 4.39 Å². The molecule has 2 aromatic rings. The van der Waals surface area contributed by atoms with Crippen molar-refractivity contribution in [2.75, 3.05) is 0 Å². The van der Waals surface area contributed by atoms with Crippen LogP contribution < -0.4 is 0 Å². The Kier molecular flexibility index (Phi) is 2.48. The SMILES string of the molecule is Cc1cnc(-c2ccc(O)cc2O)c(F)c1. The third kappa shape index (κ3) is 1.82. The zero-order chi connectivity index (χ0) is 11.7. The fraction of sp³-hybridized carbons (Fsp3) is 0.0833. The highest BCUT2D eigenvalue weighted by Crippen LogP contribution is 2.32. The number of pyridine rings is 1. The summed E-state index contributed by atoms with van der Waals surface area (Å²) in [5, 5.41) is 18.7. The predicted octanol–water partition coefficient (Wildman–Crippen LogP) is 2.61. The number of benzene rings is 1. The summed E-state index contributed by atoms with van der Waals surface area (Å²) in [5.41, 5.74) is 1.04. The average molecular weight is 219 g/mol. The highest BCUT2D eigenvalue weighted by atomic mass is 19.1. The van der Waals surface area contributed by atoms with Gasteiger partial charge in [-0.1, -0.05) is 0 Å². The van der Waals surface area contributed by atoms with Crippen molar-refractivity contribution in [2.45, 2.75) is 6.92 Å². The summed E-state index contributed by atoms with van der Waals surface area (Å²) in [4.78, 5) is 3.92. The van der Waals surface area contributed by atoms with Crippen molar-refractivity contribution in [2.24, 2.45) is 0 Å². The van der Waals surface area contributed by atoms with Crippen molar-refractivity contribution >= 4 is 0 Å². The largest absolute Gasteiger partial charge is 0.508 e. The van der Waals surface area contributed by atoms with Crippen LogP contribution in [0.2, 0.25) is 0 Å². The lowest BCUT2D eigenvalue weighted by atomic mass is 10.1. The van der Waals surface area contributed by atoms with Crippen LogP contribution in [0.25, 0.3) is 11.3 Å². The minimum Gasteiger partial charge on any atom is -0.508 e. The topological polar surface area (TPSA) is 53.4 Å². The Morgan fingerprint density at radius 1 is 1.19 bits per heavy atom. The zero-order valence-electron chi connectivity index (χ0n) is 8.61. The second-order valence-electron chi connectivity index (χ2n) is 3.54. The van der Waals surface area contributed by atoms with E-state index in [1.807, 2.05) is 0 Å².